The van der Waals surface area contributed by atoms with Gasteiger partial charge in [-0.2, -0.15) is 0 Å². The van der Waals surface area contributed by atoms with Crippen LogP contribution in [0.3, 0.4) is 0 Å². The number of ether oxygens (including phenoxy) is 1. The molecule has 94 valence electrons. The Labute approximate surface area is 103 Å². The van der Waals surface area contributed by atoms with Crippen molar-refractivity contribution < 1.29 is 4.74 Å². The first kappa shape index (κ1) is 12.2. The van der Waals surface area contributed by atoms with Gasteiger partial charge in [-0.15, -0.1) is 0 Å². The summed E-state index contributed by atoms with van der Waals surface area (Å²) < 4.78 is 5.52. The summed E-state index contributed by atoms with van der Waals surface area (Å²) in [5.74, 6) is 1.70. The number of nitrogens with zero attached hydrogens (tertiary/aromatic N) is 1. The van der Waals surface area contributed by atoms with Gasteiger partial charge in [0.05, 0.1) is 6.61 Å². The van der Waals surface area contributed by atoms with Crippen molar-refractivity contribution in [2.24, 2.45) is 0 Å². The number of rotatable bonds is 6. The Morgan fingerprint density at radius 1 is 1.59 bits per heavy atom. The molecular formula is C13H21N3O. The van der Waals surface area contributed by atoms with Crippen LogP contribution in [0.15, 0.2) is 18.3 Å². The van der Waals surface area contributed by atoms with Crippen molar-refractivity contribution in [1.29, 1.82) is 0 Å². The van der Waals surface area contributed by atoms with Gasteiger partial charge in [0, 0.05) is 18.8 Å². The van der Waals surface area contributed by atoms with Gasteiger partial charge in [-0.25, -0.2) is 4.98 Å². The van der Waals surface area contributed by atoms with E-state index in [1.807, 2.05) is 19.1 Å². The number of hydrogen-bond donors (Lipinski definition) is 2. The maximum atomic E-state index is 5.52. The molecule has 1 saturated heterocycles. The maximum absolute atomic E-state index is 5.52. The van der Waals surface area contributed by atoms with Gasteiger partial charge in [0.25, 0.3) is 0 Å². The van der Waals surface area contributed by atoms with Crippen LogP contribution in [-0.4, -0.2) is 30.7 Å². The minimum Gasteiger partial charge on any atom is -0.490 e. The standard InChI is InChI=1S/C13H21N3O/c1-2-17-12-6-4-9-15-13(12)16-10-7-11-5-3-8-14-11/h4,6,9,11,14H,2-3,5,7-8,10H2,1H3,(H,15,16)/t11-/m1/s1. The quantitative estimate of drug-likeness (QED) is 0.792. The summed E-state index contributed by atoms with van der Waals surface area (Å²) in [7, 11) is 0. The van der Waals surface area contributed by atoms with Crippen molar-refractivity contribution in [2.45, 2.75) is 32.2 Å². The summed E-state index contributed by atoms with van der Waals surface area (Å²) in [6.45, 7) is 4.76. The highest BCUT2D eigenvalue weighted by Gasteiger charge is 2.13. The zero-order valence-electron chi connectivity index (χ0n) is 10.4. The minimum atomic E-state index is 0.668. The van der Waals surface area contributed by atoms with E-state index < -0.39 is 0 Å². The molecule has 0 saturated carbocycles. The fourth-order valence-corrected chi connectivity index (χ4v) is 2.16. The third-order valence-corrected chi connectivity index (χ3v) is 3.02. The van der Waals surface area contributed by atoms with Crippen molar-refractivity contribution in [3.05, 3.63) is 18.3 Å². The van der Waals surface area contributed by atoms with E-state index in [0.29, 0.717) is 12.6 Å². The van der Waals surface area contributed by atoms with Gasteiger partial charge in [0.15, 0.2) is 11.6 Å². The topological polar surface area (TPSA) is 46.2 Å². The molecule has 1 aromatic heterocycles. The Morgan fingerprint density at radius 3 is 3.29 bits per heavy atom. The molecule has 1 aliphatic rings. The molecule has 2 N–H and O–H groups in total. The molecule has 0 aromatic carbocycles. The van der Waals surface area contributed by atoms with Gasteiger partial charge in [0.2, 0.25) is 0 Å². The van der Waals surface area contributed by atoms with Gasteiger partial charge in [-0.3, -0.25) is 0 Å². The van der Waals surface area contributed by atoms with Crippen LogP contribution in [0.4, 0.5) is 5.82 Å². The van der Waals surface area contributed by atoms with Crippen molar-refractivity contribution in [3.63, 3.8) is 0 Å². The fraction of sp³-hybridized carbons (Fsp3) is 0.615. The molecule has 2 rings (SSSR count). The Balaban J connectivity index is 1.80. The molecule has 0 amide bonds. The lowest BCUT2D eigenvalue weighted by Crippen LogP contribution is -2.24. The molecule has 0 unspecified atom stereocenters. The largest absolute Gasteiger partial charge is 0.490 e. The molecule has 1 fully saturated rings. The SMILES string of the molecule is CCOc1cccnc1NCC[C@H]1CCCN1. The fourth-order valence-electron chi connectivity index (χ4n) is 2.16. The molecule has 1 atom stereocenters. The predicted molar refractivity (Wildman–Crippen MR) is 69.5 cm³/mol. The van der Waals surface area contributed by atoms with E-state index in [0.717, 1.165) is 24.5 Å². The predicted octanol–water partition coefficient (Wildman–Crippen LogP) is 2.03. The van der Waals surface area contributed by atoms with Gasteiger partial charge >= 0.3 is 0 Å². The molecule has 1 aliphatic heterocycles. The first-order valence-electron chi connectivity index (χ1n) is 6.45. The Bertz CT molecular complexity index is 337. The molecule has 17 heavy (non-hydrogen) atoms. The summed E-state index contributed by atoms with van der Waals surface area (Å²) >= 11 is 0. The normalized spacial score (nSPS) is 19.2. The van der Waals surface area contributed by atoms with Gasteiger partial charge in [-0.05, 0) is 44.9 Å². The van der Waals surface area contributed by atoms with E-state index >= 15 is 0 Å². The van der Waals surface area contributed by atoms with Crippen molar-refractivity contribution in [2.75, 3.05) is 25.0 Å². The second-order valence-electron chi connectivity index (χ2n) is 4.29. The van der Waals surface area contributed by atoms with E-state index in [1.54, 1.807) is 6.20 Å². The van der Waals surface area contributed by atoms with Crippen molar-refractivity contribution in [1.82, 2.24) is 10.3 Å². The maximum Gasteiger partial charge on any atom is 0.168 e. The number of hydrogen-bond acceptors (Lipinski definition) is 4. The number of pyridine rings is 1. The van der Waals surface area contributed by atoms with Gasteiger partial charge < -0.3 is 15.4 Å². The Kier molecular flexibility index (Phi) is 4.62. The van der Waals surface area contributed by atoms with E-state index in [2.05, 4.69) is 15.6 Å². The van der Waals surface area contributed by atoms with Crippen LogP contribution in [0.5, 0.6) is 5.75 Å². The third-order valence-electron chi connectivity index (χ3n) is 3.02. The van der Waals surface area contributed by atoms with Crippen molar-refractivity contribution in [3.8, 4) is 5.75 Å². The zero-order valence-corrected chi connectivity index (χ0v) is 10.4. The molecule has 0 spiro atoms. The minimum absolute atomic E-state index is 0.668. The summed E-state index contributed by atoms with van der Waals surface area (Å²) in [5.41, 5.74) is 0. The second-order valence-corrected chi connectivity index (χ2v) is 4.29. The highest BCUT2D eigenvalue weighted by molar-refractivity contribution is 5.49. The lowest BCUT2D eigenvalue weighted by molar-refractivity contribution is 0.340. The molecule has 2 heterocycles. The molecule has 1 aromatic rings. The average molecular weight is 235 g/mol. The highest BCUT2D eigenvalue weighted by Crippen LogP contribution is 2.20. The van der Waals surface area contributed by atoms with Crippen LogP contribution in [0.25, 0.3) is 0 Å². The molecular weight excluding hydrogens is 214 g/mol. The molecule has 0 radical (unpaired) electrons. The lowest BCUT2D eigenvalue weighted by atomic mass is 10.1. The number of nitrogens with one attached hydrogen (secondary N) is 2. The van der Waals surface area contributed by atoms with E-state index in [4.69, 9.17) is 4.74 Å². The van der Waals surface area contributed by atoms with Crippen LogP contribution in [0.2, 0.25) is 0 Å². The second kappa shape index (κ2) is 6.45. The summed E-state index contributed by atoms with van der Waals surface area (Å²) in [4.78, 5) is 4.30. The third kappa shape index (κ3) is 3.60. The summed E-state index contributed by atoms with van der Waals surface area (Å²) in [5, 5.41) is 6.84. The first-order chi connectivity index (χ1) is 8.40. The Morgan fingerprint density at radius 2 is 2.53 bits per heavy atom. The van der Waals surface area contributed by atoms with E-state index in [-0.39, 0.29) is 0 Å². The summed E-state index contributed by atoms with van der Waals surface area (Å²) in [6.07, 6.45) is 5.53. The van der Waals surface area contributed by atoms with Crippen molar-refractivity contribution >= 4 is 5.82 Å². The molecule has 4 nitrogen and oxygen atoms in total. The summed E-state index contributed by atoms with van der Waals surface area (Å²) in [6, 6.07) is 4.52. The monoisotopic (exact) mass is 235 g/mol. The molecule has 0 aliphatic carbocycles. The number of aromatic nitrogens is 1. The average Bonchev–Trinajstić information content (AvgIpc) is 2.85. The van der Waals surface area contributed by atoms with Crippen LogP contribution in [0, 0.1) is 0 Å². The first-order valence-corrected chi connectivity index (χ1v) is 6.45. The molecule has 0 bridgehead atoms. The van der Waals surface area contributed by atoms with Crippen LogP contribution >= 0.6 is 0 Å². The zero-order chi connectivity index (χ0) is 11.9. The van der Waals surface area contributed by atoms with Gasteiger partial charge in [-0.1, -0.05) is 0 Å². The highest BCUT2D eigenvalue weighted by atomic mass is 16.5. The van der Waals surface area contributed by atoms with Crippen LogP contribution in [-0.2, 0) is 0 Å². The smallest absolute Gasteiger partial charge is 0.168 e. The van der Waals surface area contributed by atoms with Crippen LogP contribution in [0.1, 0.15) is 26.2 Å². The Hall–Kier alpha value is -1.29. The number of anilines is 1. The van der Waals surface area contributed by atoms with E-state index in [1.165, 1.54) is 19.4 Å². The van der Waals surface area contributed by atoms with E-state index in [9.17, 15) is 0 Å². The van der Waals surface area contributed by atoms with Crippen LogP contribution < -0.4 is 15.4 Å². The van der Waals surface area contributed by atoms with Gasteiger partial charge in [0.1, 0.15) is 0 Å². The molecule has 4 heteroatoms. The lowest BCUT2D eigenvalue weighted by Gasteiger charge is -2.13.